The van der Waals surface area contributed by atoms with Crippen LogP contribution in [0.3, 0.4) is 0 Å². The molecule has 2 aromatic carbocycles. The quantitative estimate of drug-likeness (QED) is 0.684. The number of aromatic nitrogens is 2. The third-order valence-electron chi connectivity index (χ3n) is 3.01. The zero-order chi connectivity index (χ0) is 15.5. The van der Waals surface area contributed by atoms with Crippen LogP contribution in [0.4, 0.5) is 4.39 Å². The average molecular weight is 363 g/mol. The van der Waals surface area contributed by atoms with E-state index in [0.29, 0.717) is 22.0 Å². The molecule has 0 unspecified atom stereocenters. The van der Waals surface area contributed by atoms with E-state index >= 15 is 0 Å². The predicted octanol–water partition coefficient (Wildman–Crippen LogP) is 4.53. The summed E-state index contributed by atoms with van der Waals surface area (Å²) in [4.78, 5) is 0. The first-order chi connectivity index (χ1) is 10.6. The molecule has 0 radical (unpaired) electrons. The Bertz CT molecular complexity index is 787. The summed E-state index contributed by atoms with van der Waals surface area (Å²) < 4.78 is 24.6. The van der Waals surface area contributed by atoms with E-state index in [1.54, 1.807) is 0 Å². The predicted molar refractivity (Wildman–Crippen MR) is 82.9 cm³/mol. The Hall–Kier alpha value is -2.21. The fraction of sp³-hybridized carbons (Fsp3) is 0.125. The summed E-state index contributed by atoms with van der Waals surface area (Å²) in [6.45, 7) is 2.13. The summed E-state index contributed by atoms with van der Waals surface area (Å²) in [7, 11) is 0. The molecule has 0 amide bonds. The minimum atomic E-state index is -0.335. The molecular weight excluding hydrogens is 351 g/mol. The Morgan fingerprint density at radius 3 is 2.64 bits per heavy atom. The van der Waals surface area contributed by atoms with Gasteiger partial charge in [0.25, 0.3) is 5.89 Å². The Morgan fingerprint density at radius 2 is 1.91 bits per heavy atom. The standard InChI is InChI=1S/C16H12BrFN2O2/c1-10-2-4-11(5-3-10)16-20-19-15(22-16)9-21-14-7-6-12(18)8-13(14)17/h2-8H,9H2,1H3. The van der Waals surface area contributed by atoms with Crippen molar-refractivity contribution in [2.24, 2.45) is 0 Å². The van der Waals surface area contributed by atoms with Crippen LogP contribution in [0.5, 0.6) is 5.75 Å². The number of halogens is 2. The highest BCUT2D eigenvalue weighted by atomic mass is 79.9. The molecule has 0 aliphatic carbocycles. The number of aryl methyl sites for hydroxylation is 1. The van der Waals surface area contributed by atoms with E-state index in [9.17, 15) is 4.39 Å². The highest BCUT2D eigenvalue weighted by Gasteiger charge is 2.10. The Labute approximate surface area is 135 Å². The van der Waals surface area contributed by atoms with Crippen LogP contribution in [0.2, 0.25) is 0 Å². The third-order valence-corrected chi connectivity index (χ3v) is 3.63. The summed E-state index contributed by atoms with van der Waals surface area (Å²) in [6, 6.07) is 12.0. The second kappa shape index (κ2) is 6.27. The molecule has 0 aliphatic rings. The van der Waals surface area contributed by atoms with Crippen molar-refractivity contribution in [1.29, 1.82) is 0 Å². The fourth-order valence-corrected chi connectivity index (χ4v) is 2.32. The van der Waals surface area contributed by atoms with Gasteiger partial charge in [-0.1, -0.05) is 17.7 Å². The lowest BCUT2D eigenvalue weighted by atomic mass is 10.1. The van der Waals surface area contributed by atoms with Gasteiger partial charge in [-0.2, -0.15) is 0 Å². The summed E-state index contributed by atoms with van der Waals surface area (Å²) in [6.07, 6.45) is 0. The molecule has 6 heteroatoms. The molecule has 3 rings (SSSR count). The number of nitrogens with zero attached hydrogens (tertiary/aromatic N) is 2. The van der Waals surface area contributed by atoms with Crippen LogP contribution in [0.1, 0.15) is 11.5 Å². The van der Waals surface area contributed by atoms with Gasteiger partial charge in [-0.05, 0) is 53.2 Å². The highest BCUT2D eigenvalue weighted by Crippen LogP contribution is 2.26. The number of rotatable bonds is 4. The Balaban J connectivity index is 1.70. The molecule has 112 valence electrons. The first-order valence-electron chi connectivity index (χ1n) is 6.59. The third kappa shape index (κ3) is 3.33. The highest BCUT2D eigenvalue weighted by molar-refractivity contribution is 9.10. The number of benzene rings is 2. The van der Waals surface area contributed by atoms with Gasteiger partial charge in [0, 0.05) is 5.56 Å². The van der Waals surface area contributed by atoms with E-state index in [-0.39, 0.29) is 12.4 Å². The van der Waals surface area contributed by atoms with Crippen molar-refractivity contribution in [1.82, 2.24) is 10.2 Å². The summed E-state index contributed by atoms with van der Waals surface area (Å²) in [5.74, 6) is 0.971. The van der Waals surface area contributed by atoms with Gasteiger partial charge in [0.1, 0.15) is 11.6 Å². The molecule has 0 aliphatic heterocycles. The van der Waals surface area contributed by atoms with Crippen LogP contribution < -0.4 is 4.74 Å². The summed E-state index contributed by atoms with van der Waals surface area (Å²) in [5.41, 5.74) is 2.01. The van der Waals surface area contributed by atoms with Crippen molar-refractivity contribution >= 4 is 15.9 Å². The first kappa shape index (κ1) is 14.7. The van der Waals surface area contributed by atoms with Crippen molar-refractivity contribution in [3.05, 3.63) is 64.2 Å². The molecule has 0 bridgehead atoms. The second-order valence-corrected chi connectivity index (χ2v) is 5.58. The van der Waals surface area contributed by atoms with Crippen molar-refractivity contribution in [3.8, 4) is 17.2 Å². The van der Waals surface area contributed by atoms with Crippen LogP contribution in [0.15, 0.2) is 51.4 Å². The van der Waals surface area contributed by atoms with Gasteiger partial charge in [0.05, 0.1) is 4.47 Å². The second-order valence-electron chi connectivity index (χ2n) is 4.73. The van der Waals surface area contributed by atoms with Gasteiger partial charge in [-0.15, -0.1) is 10.2 Å². The van der Waals surface area contributed by atoms with Gasteiger partial charge in [-0.25, -0.2) is 4.39 Å². The number of hydrogen-bond donors (Lipinski definition) is 0. The monoisotopic (exact) mass is 362 g/mol. The zero-order valence-corrected chi connectivity index (χ0v) is 13.3. The van der Waals surface area contributed by atoms with Crippen molar-refractivity contribution < 1.29 is 13.5 Å². The molecule has 3 aromatic rings. The maximum atomic E-state index is 13.0. The Morgan fingerprint density at radius 1 is 1.14 bits per heavy atom. The number of ether oxygens (including phenoxy) is 1. The largest absolute Gasteiger partial charge is 0.483 e. The van der Waals surface area contributed by atoms with Crippen LogP contribution in [-0.2, 0) is 6.61 Å². The van der Waals surface area contributed by atoms with Crippen LogP contribution in [0.25, 0.3) is 11.5 Å². The van der Waals surface area contributed by atoms with E-state index in [1.807, 2.05) is 31.2 Å². The average Bonchev–Trinajstić information content (AvgIpc) is 2.96. The number of hydrogen-bond acceptors (Lipinski definition) is 4. The van der Waals surface area contributed by atoms with Crippen molar-refractivity contribution in [2.45, 2.75) is 13.5 Å². The minimum Gasteiger partial charge on any atom is -0.483 e. The van der Waals surface area contributed by atoms with Gasteiger partial charge in [0.15, 0.2) is 6.61 Å². The van der Waals surface area contributed by atoms with Gasteiger partial charge < -0.3 is 9.15 Å². The molecule has 22 heavy (non-hydrogen) atoms. The summed E-state index contributed by atoms with van der Waals surface area (Å²) >= 11 is 3.24. The topological polar surface area (TPSA) is 48.2 Å². The Kier molecular flexibility index (Phi) is 4.20. The summed E-state index contributed by atoms with van der Waals surface area (Å²) in [5, 5.41) is 7.94. The molecular formula is C16H12BrFN2O2. The molecule has 4 nitrogen and oxygen atoms in total. The zero-order valence-electron chi connectivity index (χ0n) is 11.7. The van der Waals surface area contributed by atoms with Crippen LogP contribution in [-0.4, -0.2) is 10.2 Å². The van der Waals surface area contributed by atoms with Crippen molar-refractivity contribution in [2.75, 3.05) is 0 Å². The van der Waals surface area contributed by atoms with Gasteiger partial charge in [-0.3, -0.25) is 0 Å². The normalized spacial score (nSPS) is 10.7. The maximum absolute atomic E-state index is 13.0. The first-order valence-corrected chi connectivity index (χ1v) is 7.38. The lowest BCUT2D eigenvalue weighted by Crippen LogP contribution is -1.96. The molecule has 0 fully saturated rings. The fourth-order valence-electron chi connectivity index (χ4n) is 1.86. The van der Waals surface area contributed by atoms with E-state index in [2.05, 4.69) is 26.1 Å². The molecule has 0 saturated heterocycles. The SMILES string of the molecule is Cc1ccc(-c2nnc(COc3ccc(F)cc3Br)o2)cc1. The van der Waals surface area contributed by atoms with Crippen molar-refractivity contribution in [3.63, 3.8) is 0 Å². The molecule has 0 N–H and O–H groups in total. The molecule has 1 heterocycles. The van der Waals surface area contributed by atoms with Gasteiger partial charge in [0.2, 0.25) is 5.89 Å². The minimum absolute atomic E-state index is 0.114. The van der Waals surface area contributed by atoms with E-state index < -0.39 is 0 Å². The molecule has 0 atom stereocenters. The smallest absolute Gasteiger partial charge is 0.254 e. The molecule has 1 aromatic heterocycles. The van der Waals surface area contributed by atoms with E-state index in [4.69, 9.17) is 9.15 Å². The molecule has 0 spiro atoms. The molecule has 0 saturated carbocycles. The van der Waals surface area contributed by atoms with Gasteiger partial charge >= 0.3 is 0 Å². The van der Waals surface area contributed by atoms with E-state index in [0.717, 1.165) is 11.1 Å². The lowest BCUT2D eigenvalue weighted by Gasteiger charge is -2.05. The maximum Gasteiger partial charge on any atom is 0.254 e. The van der Waals surface area contributed by atoms with Crippen LogP contribution >= 0.6 is 15.9 Å². The lowest BCUT2D eigenvalue weighted by molar-refractivity contribution is 0.262. The van der Waals surface area contributed by atoms with E-state index in [1.165, 1.54) is 18.2 Å². The van der Waals surface area contributed by atoms with Crippen LogP contribution in [0, 0.1) is 12.7 Å².